The minimum atomic E-state index is -0.157. The van der Waals surface area contributed by atoms with Crippen LogP contribution in [0.25, 0.3) is 10.2 Å². The highest BCUT2D eigenvalue weighted by molar-refractivity contribution is 7.18. The zero-order valence-corrected chi connectivity index (χ0v) is 12.2. The number of phenols is 1. The number of hydrogen-bond donors (Lipinski definition) is 2. The molecule has 5 heteroatoms. The van der Waals surface area contributed by atoms with Gasteiger partial charge in [-0.3, -0.25) is 0 Å². The highest BCUT2D eigenvalue weighted by Gasteiger charge is 2.13. The first-order valence-corrected chi connectivity index (χ1v) is 7.41. The van der Waals surface area contributed by atoms with E-state index in [0.29, 0.717) is 11.4 Å². The lowest BCUT2D eigenvalue weighted by atomic mass is 10.1. The Balaban J connectivity index is 1.84. The van der Waals surface area contributed by atoms with Crippen molar-refractivity contribution < 1.29 is 5.11 Å². The molecule has 0 aliphatic heterocycles. The van der Waals surface area contributed by atoms with E-state index in [-0.39, 0.29) is 11.8 Å². The normalized spacial score (nSPS) is 12.7. The monoisotopic (exact) mass is 304 g/mol. The number of phenolic OH excluding ortho intramolecular Hbond substituents is 1. The van der Waals surface area contributed by atoms with Crippen molar-refractivity contribution in [3.63, 3.8) is 0 Å². The fourth-order valence-electron chi connectivity index (χ4n) is 2.05. The van der Waals surface area contributed by atoms with Crippen LogP contribution in [-0.4, -0.2) is 10.1 Å². The van der Waals surface area contributed by atoms with E-state index in [0.717, 1.165) is 20.8 Å². The Labute approximate surface area is 125 Å². The number of halogens is 1. The summed E-state index contributed by atoms with van der Waals surface area (Å²) >= 11 is 7.55. The van der Waals surface area contributed by atoms with Crippen molar-refractivity contribution in [2.75, 3.05) is 0 Å². The summed E-state index contributed by atoms with van der Waals surface area (Å²) in [5.41, 5.74) is 8.18. The van der Waals surface area contributed by atoms with E-state index in [2.05, 4.69) is 4.98 Å². The van der Waals surface area contributed by atoms with Gasteiger partial charge in [0.15, 0.2) is 0 Å². The number of thiazole rings is 1. The van der Waals surface area contributed by atoms with Gasteiger partial charge in [-0.25, -0.2) is 4.98 Å². The lowest BCUT2D eigenvalue weighted by molar-refractivity contribution is 0.475. The summed E-state index contributed by atoms with van der Waals surface area (Å²) in [6.45, 7) is 0. The van der Waals surface area contributed by atoms with Crippen LogP contribution in [-0.2, 0) is 6.42 Å². The molecule has 3 nitrogen and oxygen atoms in total. The molecule has 2 aromatic carbocycles. The van der Waals surface area contributed by atoms with Gasteiger partial charge >= 0.3 is 0 Å². The summed E-state index contributed by atoms with van der Waals surface area (Å²) < 4.78 is 1.09. The first-order chi connectivity index (χ1) is 9.61. The molecular weight excluding hydrogens is 292 g/mol. The molecular formula is C15H13ClN2OS. The predicted molar refractivity (Wildman–Crippen MR) is 83.4 cm³/mol. The van der Waals surface area contributed by atoms with E-state index < -0.39 is 0 Å². The summed E-state index contributed by atoms with van der Waals surface area (Å²) in [4.78, 5) is 4.55. The first-order valence-electron chi connectivity index (χ1n) is 6.21. The van der Waals surface area contributed by atoms with Crippen molar-refractivity contribution in [1.82, 2.24) is 4.98 Å². The third-order valence-electron chi connectivity index (χ3n) is 3.08. The van der Waals surface area contributed by atoms with Crippen molar-refractivity contribution >= 4 is 33.2 Å². The molecule has 0 bridgehead atoms. The summed E-state index contributed by atoms with van der Waals surface area (Å²) in [6.07, 6.45) is 0.688. The highest BCUT2D eigenvalue weighted by Crippen LogP contribution is 2.29. The third kappa shape index (κ3) is 2.77. The minimum absolute atomic E-state index is 0.157. The SMILES string of the molecule is NC(Cc1ccc(O)cc1)c1nc2cc(Cl)ccc2s1. The van der Waals surface area contributed by atoms with Gasteiger partial charge < -0.3 is 10.8 Å². The molecule has 1 atom stereocenters. The molecule has 0 saturated heterocycles. The smallest absolute Gasteiger partial charge is 0.115 e. The van der Waals surface area contributed by atoms with Crippen molar-refractivity contribution in [3.8, 4) is 5.75 Å². The number of fused-ring (bicyclic) bond motifs is 1. The summed E-state index contributed by atoms with van der Waals surface area (Å²) in [5.74, 6) is 0.261. The number of hydrogen-bond acceptors (Lipinski definition) is 4. The van der Waals surface area contributed by atoms with Crippen molar-refractivity contribution in [3.05, 3.63) is 58.1 Å². The summed E-state index contributed by atoms with van der Waals surface area (Å²) in [7, 11) is 0. The van der Waals surface area contributed by atoms with Gasteiger partial charge in [0.05, 0.1) is 16.3 Å². The van der Waals surface area contributed by atoms with Gasteiger partial charge in [-0.15, -0.1) is 11.3 Å². The molecule has 0 saturated carbocycles. The molecule has 0 spiro atoms. The fourth-order valence-corrected chi connectivity index (χ4v) is 3.17. The van der Waals surface area contributed by atoms with E-state index in [9.17, 15) is 5.11 Å². The number of aromatic hydroxyl groups is 1. The van der Waals surface area contributed by atoms with Crippen LogP contribution in [0.3, 0.4) is 0 Å². The van der Waals surface area contributed by atoms with Crippen LogP contribution in [0.5, 0.6) is 5.75 Å². The number of nitrogens with zero attached hydrogens (tertiary/aromatic N) is 1. The molecule has 102 valence electrons. The Morgan fingerprint density at radius 1 is 1.20 bits per heavy atom. The van der Waals surface area contributed by atoms with E-state index >= 15 is 0 Å². The van der Waals surface area contributed by atoms with Crippen LogP contribution in [0.1, 0.15) is 16.6 Å². The van der Waals surface area contributed by atoms with Gasteiger partial charge in [0.2, 0.25) is 0 Å². The minimum Gasteiger partial charge on any atom is -0.508 e. The molecule has 20 heavy (non-hydrogen) atoms. The van der Waals surface area contributed by atoms with Gasteiger partial charge in [-0.05, 0) is 42.3 Å². The molecule has 0 aliphatic rings. The second kappa shape index (κ2) is 5.40. The summed E-state index contributed by atoms with van der Waals surface area (Å²) in [5, 5.41) is 10.9. The van der Waals surface area contributed by atoms with Gasteiger partial charge in [-0.1, -0.05) is 23.7 Å². The molecule has 3 N–H and O–H groups in total. The first kappa shape index (κ1) is 13.4. The highest BCUT2D eigenvalue weighted by atomic mass is 35.5. The molecule has 3 rings (SSSR count). The third-order valence-corrected chi connectivity index (χ3v) is 4.48. The Bertz CT molecular complexity index is 739. The quantitative estimate of drug-likeness (QED) is 0.771. The Morgan fingerprint density at radius 3 is 2.70 bits per heavy atom. The van der Waals surface area contributed by atoms with Gasteiger partial charge in [0, 0.05) is 5.02 Å². The number of benzene rings is 2. The maximum atomic E-state index is 9.28. The zero-order valence-electron chi connectivity index (χ0n) is 10.6. The van der Waals surface area contributed by atoms with E-state index in [4.69, 9.17) is 17.3 Å². The lowest BCUT2D eigenvalue weighted by Gasteiger charge is -2.08. The Kier molecular flexibility index (Phi) is 3.61. The van der Waals surface area contributed by atoms with Crippen molar-refractivity contribution in [2.24, 2.45) is 5.73 Å². The number of rotatable bonds is 3. The van der Waals surface area contributed by atoms with E-state index in [1.807, 2.05) is 30.3 Å². The maximum Gasteiger partial charge on any atom is 0.115 e. The van der Waals surface area contributed by atoms with Gasteiger partial charge in [0.1, 0.15) is 10.8 Å². The average molecular weight is 305 g/mol. The fraction of sp³-hybridized carbons (Fsp3) is 0.133. The number of nitrogens with two attached hydrogens (primary N) is 1. The van der Waals surface area contributed by atoms with Crippen LogP contribution < -0.4 is 5.73 Å². The molecule has 0 radical (unpaired) electrons. The molecule has 3 aromatic rings. The average Bonchev–Trinajstić information content (AvgIpc) is 2.84. The summed E-state index contributed by atoms with van der Waals surface area (Å²) in [6, 6.07) is 12.6. The van der Waals surface area contributed by atoms with Crippen molar-refractivity contribution in [1.29, 1.82) is 0 Å². The van der Waals surface area contributed by atoms with Crippen LogP contribution in [0.15, 0.2) is 42.5 Å². The van der Waals surface area contributed by atoms with E-state index in [1.54, 1.807) is 23.5 Å². The standard InChI is InChI=1S/C15H13ClN2OS/c16-10-3-6-14-13(8-10)18-15(20-14)12(17)7-9-1-4-11(19)5-2-9/h1-6,8,12,19H,7,17H2. The molecule has 1 heterocycles. The van der Waals surface area contributed by atoms with E-state index in [1.165, 1.54) is 0 Å². The largest absolute Gasteiger partial charge is 0.508 e. The zero-order chi connectivity index (χ0) is 14.1. The molecule has 0 fully saturated rings. The topological polar surface area (TPSA) is 59.1 Å². The van der Waals surface area contributed by atoms with Crippen LogP contribution in [0.2, 0.25) is 5.02 Å². The molecule has 0 aliphatic carbocycles. The second-order valence-electron chi connectivity index (χ2n) is 4.64. The molecule has 0 amide bonds. The van der Waals surface area contributed by atoms with Crippen LogP contribution in [0.4, 0.5) is 0 Å². The Hall–Kier alpha value is -1.62. The van der Waals surface area contributed by atoms with Crippen LogP contribution in [0, 0.1) is 0 Å². The van der Waals surface area contributed by atoms with Gasteiger partial charge in [-0.2, -0.15) is 0 Å². The van der Waals surface area contributed by atoms with Crippen LogP contribution >= 0.6 is 22.9 Å². The maximum absolute atomic E-state index is 9.28. The molecule has 1 unspecified atom stereocenters. The Morgan fingerprint density at radius 2 is 1.95 bits per heavy atom. The van der Waals surface area contributed by atoms with Gasteiger partial charge in [0.25, 0.3) is 0 Å². The molecule has 1 aromatic heterocycles. The number of aromatic nitrogens is 1. The predicted octanol–water partition coefficient (Wildman–Crippen LogP) is 3.90. The lowest BCUT2D eigenvalue weighted by Crippen LogP contribution is -2.12. The second-order valence-corrected chi connectivity index (χ2v) is 6.14. The van der Waals surface area contributed by atoms with Crippen molar-refractivity contribution in [2.45, 2.75) is 12.5 Å².